The van der Waals surface area contributed by atoms with Gasteiger partial charge in [-0.3, -0.25) is 9.59 Å². The van der Waals surface area contributed by atoms with Crippen LogP contribution in [0, 0.1) is 6.92 Å². The topological polar surface area (TPSA) is 49.4 Å². The second kappa shape index (κ2) is 12.8. The summed E-state index contributed by atoms with van der Waals surface area (Å²) in [6.07, 6.45) is 1.34. The van der Waals surface area contributed by atoms with Crippen molar-refractivity contribution >= 4 is 35.0 Å². The summed E-state index contributed by atoms with van der Waals surface area (Å²) in [6.45, 7) is 6.10. The quantitative estimate of drug-likeness (QED) is 0.343. The number of nitrogens with one attached hydrogen (secondary N) is 1. The minimum absolute atomic E-state index is 0.0154. The van der Waals surface area contributed by atoms with E-state index in [1.54, 1.807) is 23.1 Å². The standard InChI is InChI=1S/C29H32Cl2N2O2/c1-4-21(3)32-29(35)27(17-22-11-6-5-7-12-22)33(19-24-25(30)14-9-15-26(24)31)28(34)18-23-13-8-10-20(2)16-23/h5-16,21,27H,4,17-19H2,1-3H3,(H,32,35). The molecule has 2 amide bonds. The molecule has 2 unspecified atom stereocenters. The number of hydrogen-bond donors (Lipinski definition) is 1. The van der Waals surface area contributed by atoms with Crippen molar-refractivity contribution in [2.24, 2.45) is 0 Å². The fourth-order valence-electron chi connectivity index (χ4n) is 3.95. The molecule has 0 heterocycles. The molecule has 0 radical (unpaired) electrons. The number of rotatable bonds is 10. The summed E-state index contributed by atoms with van der Waals surface area (Å²) in [5, 5.41) is 4.00. The Morgan fingerprint density at radius 1 is 0.914 bits per heavy atom. The summed E-state index contributed by atoms with van der Waals surface area (Å²) in [7, 11) is 0. The Balaban J connectivity index is 2.02. The van der Waals surface area contributed by atoms with Gasteiger partial charge in [-0.1, -0.05) is 96.4 Å². The fraction of sp³-hybridized carbons (Fsp3) is 0.310. The number of carbonyl (C=O) groups is 2. The van der Waals surface area contributed by atoms with E-state index in [0.717, 1.165) is 23.1 Å². The lowest BCUT2D eigenvalue weighted by Crippen LogP contribution is -2.52. The Labute approximate surface area is 218 Å². The van der Waals surface area contributed by atoms with Crippen molar-refractivity contribution in [3.05, 3.63) is 105 Å². The number of carbonyl (C=O) groups excluding carboxylic acids is 2. The van der Waals surface area contributed by atoms with E-state index in [2.05, 4.69) is 5.32 Å². The van der Waals surface area contributed by atoms with Gasteiger partial charge >= 0.3 is 0 Å². The third-order valence-electron chi connectivity index (χ3n) is 6.10. The Morgan fingerprint density at radius 3 is 2.17 bits per heavy atom. The van der Waals surface area contributed by atoms with E-state index in [-0.39, 0.29) is 30.8 Å². The van der Waals surface area contributed by atoms with Crippen molar-refractivity contribution in [2.75, 3.05) is 0 Å². The molecule has 0 aliphatic carbocycles. The van der Waals surface area contributed by atoms with E-state index in [4.69, 9.17) is 23.2 Å². The molecule has 3 rings (SSSR count). The molecule has 3 aromatic rings. The average molecular weight is 511 g/mol. The highest BCUT2D eigenvalue weighted by atomic mass is 35.5. The zero-order valence-corrected chi connectivity index (χ0v) is 21.9. The van der Waals surface area contributed by atoms with Gasteiger partial charge in [-0.2, -0.15) is 0 Å². The molecule has 0 aliphatic rings. The molecule has 184 valence electrons. The summed E-state index contributed by atoms with van der Waals surface area (Å²) in [6, 6.07) is 22.1. The Bertz CT molecular complexity index is 1130. The van der Waals surface area contributed by atoms with Gasteiger partial charge < -0.3 is 10.2 Å². The van der Waals surface area contributed by atoms with Crippen molar-refractivity contribution in [1.82, 2.24) is 10.2 Å². The largest absolute Gasteiger partial charge is 0.352 e. The molecular formula is C29H32Cl2N2O2. The highest BCUT2D eigenvalue weighted by Gasteiger charge is 2.31. The second-order valence-electron chi connectivity index (χ2n) is 8.91. The number of amides is 2. The lowest BCUT2D eigenvalue weighted by atomic mass is 10.0. The van der Waals surface area contributed by atoms with E-state index in [9.17, 15) is 9.59 Å². The normalized spacial score (nSPS) is 12.6. The Kier molecular flexibility index (Phi) is 9.76. The minimum atomic E-state index is -0.726. The summed E-state index contributed by atoms with van der Waals surface area (Å²) < 4.78 is 0. The highest BCUT2D eigenvalue weighted by Crippen LogP contribution is 2.27. The van der Waals surface area contributed by atoms with Crippen molar-refractivity contribution in [3.63, 3.8) is 0 Å². The molecule has 0 fully saturated rings. The zero-order chi connectivity index (χ0) is 25.4. The first-order valence-electron chi connectivity index (χ1n) is 11.9. The molecule has 6 heteroatoms. The van der Waals surface area contributed by atoms with Gasteiger partial charge in [0.05, 0.1) is 6.42 Å². The lowest BCUT2D eigenvalue weighted by Gasteiger charge is -2.33. The zero-order valence-electron chi connectivity index (χ0n) is 20.4. The lowest BCUT2D eigenvalue weighted by molar-refractivity contribution is -0.141. The van der Waals surface area contributed by atoms with Gasteiger partial charge in [0, 0.05) is 34.6 Å². The molecule has 0 aromatic heterocycles. The molecule has 0 aliphatic heterocycles. The van der Waals surface area contributed by atoms with Gasteiger partial charge in [0.1, 0.15) is 6.04 Å². The number of halogens is 2. The smallest absolute Gasteiger partial charge is 0.243 e. The molecule has 4 nitrogen and oxygen atoms in total. The molecular weight excluding hydrogens is 479 g/mol. The number of hydrogen-bond acceptors (Lipinski definition) is 2. The van der Waals surface area contributed by atoms with Crippen molar-refractivity contribution in [3.8, 4) is 0 Å². The first-order valence-corrected chi connectivity index (χ1v) is 12.7. The second-order valence-corrected chi connectivity index (χ2v) is 9.73. The third-order valence-corrected chi connectivity index (χ3v) is 6.81. The molecule has 1 N–H and O–H groups in total. The van der Waals surface area contributed by atoms with E-state index in [0.29, 0.717) is 22.0 Å². The van der Waals surface area contributed by atoms with Crippen molar-refractivity contribution in [1.29, 1.82) is 0 Å². The minimum Gasteiger partial charge on any atom is -0.352 e. The average Bonchev–Trinajstić information content (AvgIpc) is 2.83. The molecule has 0 saturated heterocycles. The molecule has 3 aromatic carbocycles. The van der Waals surface area contributed by atoms with Gasteiger partial charge in [-0.25, -0.2) is 0 Å². The van der Waals surface area contributed by atoms with E-state index in [1.807, 2.05) is 75.4 Å². The van der Waals surface area contributed by atoms with Gasteiger partial charge in [0.15, 0.2) is 0 Å². The van der Waals surface area contributed by atoms with Crippen LogP contribution in [0.15, 0.2) is 72.8 Å². The monoisotopic (exact) mass is 510 g/mol. The Morgan fingerprint density at radius 2 is 1.54 bits per heavy atom. The predicted molar refractivity (Wildman–Crippen MR) is 144 cm³/mol. The molecule has 35 heavy (non-hydrogen) atoms. The number of aryl methyl sites for hydroxylation is 1. The molecule has 0 spiro atoms. The van der Waals surface area contributed by atoms with E-state index < -0.39 is 6.04 Å². The van der Waals surface area contributed by atoms with Crippen molar-refractivity contribution in [2.45, 2.75) is 58.7 Å². The summed E-state index contributed by atoms with van der Waals surface area (Å²) in [5.41, 5.74) is 3.57. The maximum Gasteiger partial charge on any atom is 0.243 e. The van der Waals surface area contributed by atoms with Crippen LogP contribution in [0.2, 0.25) is 10.0 Å². The molecule has 0 bridgehead atoms. The maximum atomic E-state index is 13.8. The van der Waals surface area contributed by atoms with Gasteiger partial charge in [0.2, 0.25) is 11.8 Å². The molecule has 2 atom stereocenters. The van der Waals surface area contributed by atoms with Gasteiger partial charge in [-0.05, 0) is 43.5 Å². The van der Waals surface area contributed by atoms with Crippen LogP contribution in [-0.4, -0.2) is 28.8 Å². The predicted octanol–water partition coefficient (Wildman–Crippen LogP) is 6.40. The highest BCUT2D eigenvalue weighted by molar-refractivity contribution is 6.36. The van der Waals surface area contributed by atoms with E-state index >= 15 is 0 Å². The summed E-state index contributed by atoms with van der Waals surface area (Å²) in [4.78, 5) is 29.0. The van der Waals surface area contributed by atoms with Crippen LogP contribution >= 0.6 is 23.2 Å². The van der Waals surface area contributed by atoms with Crippen LogP contribution in [0.5, 0.6) is 0 Å². The number of benzene rings is 3. The van der Waals surface area contributed by atoms with E-state index in [1.165, 1.54) is 0 Å². The number of nitrogens with zero attached hydrogens (tertiary/aromatic N) is 1. The Hall–Kier alpha value is -2.82. The van der Waals surface area contributed by atoms with Crippen LogP contribution < -0.4 is 5.32 Å². The van der Waals surface area contributed by atoms with Crippen molar-refractivity contribution < 1.29 is 9.59 Å². The van der Waals surface area contributed by atoms with Gasteiger partial charge in [-0.15, -0.1) is 0 Å². The van der Waals surface area contributed by atoms with Crippen LogP contribution in [0.4, 0.5) is 0 Å². The molecule has 0 saturated carbocycles. The first-order chi connectivity index (χ1) is 16.8. The first kappa shape index (κ1) is 26.8. The SMILES string of the molecule is CCC(C)NC(=O)C(Cc1ccccc1)N(Cc1c(Cl)cccc1Cl)C(=O)Cc1cccc(C)c1. The van der Waals surface area contributed by atoms with Crippen LogP contribution in [0.1, 0.15) is 42.5 Å². The van der Waals surface area contributed by atoms with Gasteiger partial charge in [0.25, 0.3) is 0 Å². The summed E-state index contributed by atoms with van der Waals surface area (Å²) in [5.74, 6) is -0.351. The van der Waals surface area contributed by atoms with Crippen LogP contribution in [-0.2, 0) is 29.0 Å². The van der Waals surface area contributed by atoms with Crippen LogP contribution in [0.25, 0.3) is 0 Å². The third kappa shape index (κ3) is 7.58. The summed E-state index contributed by atoms with van der Waals surface area (Å²) >= 11 is 13.0. The van der Waals surface area contributed by atoms with Crippen LogP contribution in [0.3, 0.4) is 0 Å². The maximum absolute atomic E-state index is 13.8. The fourth-order valence-corrected chi connectivity index (χ4v) is 4.46.